The van der Waals surface area contributed by atoms with Gasteiger partial charge in [0, 0.05) is 0 Å². The molecular formula is C7H15NS. The van der Waals surface area contributed by atoms with Gasteiger partial charge in [0.1, 0.15) is 0 Å². The molecule has 1 heterocycles. The Hall–Kier alpha value is 0.310. The van der Waals surface area contributed by atoms with Crippen molar-refractivity contribution < 1.29 is 0 Å². The predicted molar refractivity (Wildman–Crippen MR) is 44.1 cm³/mol. The second-order valence-corrected chi connectivity index (χ2v) is 3.17. The molecule has 1 saturated heterocycles. The molecule has 0 spiro atoms. The normalized spacial score (nSPS) is 28.3. The Balaban J connectivity index is 2.08. The Labute approximate surface area is 62.6 Å². The molecule has 1 rings (SSSR count). The van der Waals surface area contributed by atoms with E-state index in [4.69, 9.17) is 0 Å². The van der Waals surface area contributed by atoms with Gasteiger partial charge in [-0.3, -0.25) is 0 Å². The fraction of sp³-hybridized carbons (Fsp3) is 1.00. The second-order valence-electron chi connectivity index (χ2n) is 2.72. The monoisotopic (exact) mass is 145 g/mol. The maximum absolute atomic E-state index is 4.20. The molecule has 0 bridgehead atoms. The summed E-state index contributed by atoms with van der Waals surface area (Å²) in [6.07, 6.45) is 4.06. The van der Waals surface area contributed by atoms with Crippen LogP contribution in [0, 0.1) is 5.92 Å². The van der Waals surface area contributed by atoms with Gasteiger partial charge in [-0.25, -0.2) is 0 Å². The smallest absolute Gasteiger partial charge is 0.00202 e. The van der Waals surface area contributed by atoms with E-state index < -0.39 is 0 Å². The number of rotatable bonds is 2. The first-order valence-electron chi connectivity index (χ1n) is 3.75. The van der Waals surface area contributed by atoms with E-state index in [-0.39, 0.29) is 0 Å². The van der Waals surface area contributed by atoms with Crippen LogP contribution >= 0.6 is 12.6 Å². The van der Waals surface area contributed by atoms with Crippen molar-refractivity contribution in [1.29, 1.82) is 0 Å². The molecule has 0 amide bonds. The minimum absolute atomic E-state index is 0.913. The number of hydrogen-bond donors (Lipinski definition) is 2. The largest absolute Gasteiger partial charge is 0.316 e. The van der Waals surface area contributed by atoms with E-state index in [9.17, 15) is 0 Å². The SMILES string of the molecule is SCCC1CCCNC1. The van der Waals surface area contributed by atoms with Crippen LogP contribution in [0.5, 0.6) is 0 Å². The highest BCUT2D eigenvalue weighted by Crippen LogP contribution is 2.13. The summed E-state index contributed by atoms with van der Waals surface area (Å²) in [6.45, 7) is 2.45. The van der Waals surface area contributed by atoms with Gasteiger partial charge < -0.3 is 5.32 Å². The molecule has 0 saturated carbocycles. The van der Waals surface area contributed by atoms with Crippen LogP contribution in [0.15, 0.2) is 0 Å². The van der Waals surface area contributed by atoms with Crippen molar-refractivity contribution >= 4 is 12.6 Å². The van der Waals surface area contributed by atoms with Crippen molar-refractivity contribution in [2.24, 2.45) is 5.92 Å². The van der Waals surface area contributed by atoms with Gasteiger partial charge in [0.05, 0.1) is 0 Å². The van der Waals surface area contributed by atoms with E-state index in [1.807, 2.05) is 0 Å². The van der Waals surface area contributed by atoms with Crippen molar-refractivity contribution in [3.05, 3.63) is 0 Å². The minimum Gasteiger partial charge on any atom is -0.316 e. The lowest BCUT2D eigenvalue weighted by Gasteiger charge is -2.21. The quantitative estimate of drug-likeness (QED) is 0.558. The summed E-state index contributed by atoms with van der Waals surface area (Å²) >= 11 is 4.20. The minimum atomic E-state index is 0.913. The Morgan fingerprint density at radius 2 is 2.44 bits per heavy atom. The number of nitrogens with one attached hydrogen (secondary N) is 1. The lowest BCUT2D eigenvalue weighted by atomic mass is 9.97. The summed E-state index contributed by atoms with van der Waals surface area (Å²) in [5.41, 5.74) is 0. The van der Waals surface area contributed by atoms with Crippen LogP contribution in [0.1, 0.15) is 19.3 Å². The Bertz CT molecular complexity index is 66.6. The van der Waals surface area contributed by atoms with Crippen LogP contribution in [0.25, 0.3) is 0 Å². The number of hydrogen-bond acceptors (Lipinski definition) is 2. The highest BCUT2D eigenvalue weighted by Gasteiger charge is 2.10. The molecule has 1 nitrogen and oxygen atoms in total. The molecule has 1 atom stereocenters. The standard InChI is InChI=1S/C7H15NS/c9-5-3-7-2-1-4-8-6-7/h7-9H,1-6H2. The maximum Gasteiger partial charge on any atom is -0.00202 e. The topological polar surface area (TPSA) is 12.0 Å². The summed E-state index contributed by atoms with van der Waals surface area (Å²) < 4.78 is 0. The summed E-state index contributed by atoms with van der Waals surface area (Å²) in [7, 11) is 0. The molecular weight excluding hydrogens is 130 g/mol. The fourth-order valence-electron chi connectivity index (χ4n) is 1.35. The Morgan fingerprint density at radius 3 is 3.00 bits per heavy atom. The van der Waals surface area contributed by atoms with Crippen molar-refractivity contribution in [2.45, 2.75) is 19.3 Å². The molecule has 54 valence electrons. The van der Waals surface area contributed by atoms with Gasteiger partial charge >= 0.3 is 0 Å². The van der Waals surface area contributed by atoms with Crippen molar-refractivity contribution in [2.75, 3.05) is 18.8 Å². The second kappa shape index (κ2) is 4.18. The first-order chi connectivity index (χ1) is 4.43. The predicted octanol–water partition coefficient (Wildman–Crippen LogP) is 1.31. The van der Waals surface area contributed by atoms with Gasteiger partial charge in [-0.2, -0.15) is 12.6 Å². The molecule has 1 aliphatic heterocycles. The van der Waals surface area contributed by atoms with Crippen LogP contribution in [0.2, 0.25) is 0 Å². The molecule has 1 unspecified atom stereocenters. The Kier molecular flexibility index (Phi) is 3.44. The zero-order chi connectivity index (χ0) is 6.53. The zero-order valence-corrected chi connectivity index (χ0v) is 6.66. The average molecular weight is 145 g/mol. The van der Waals surface area contributed by atoms with Crippen LogP contribution in [0.4, 0.5) is 0 Å². The molecule has 2 heteroatoms. The zero-order valence-electron chi connectivity index (χ0n) is 5.77. The number of piperidine rings is 1. The first kappa shape index (κ1) is 7.42. The summed E-state index contributed by atoms with van der Waals surface area (Å²) in [5, 5.41) is 3.39. The van der Waals surface area contributed by atoms with Gasteiger partial charge in [-0.05, 0) is 44.0 Å². The number of thiol groups is 1. The molecule has 0 aliphatic carbocycles. The van der Waals surface area contributed by atoms with Crippen molar-refractivity contribution in [1.82, 2.24) is 5.32 Å². The molecule has 1 fully saturated rings. The third-order valence-electron chi connectivity index (χ3n) is 1.94. The molecule has 0 aromatic heterocycles. The molecule has 1 N–H and O–H groups in total. The van der Waals surface area contributed by atoms with Gasteiger partial charge in [0.15, 0.2) is 0 Å². The molecule has 0 aromatic carbocycles. The van der Waals surface area contributed by atoms with Crippen molar-refractivity contribution in [3.63, 3.8) is 0 Å². The van der Waals surface area contributed by atoms with E-state index in [0.29, 0.717) is 0 Å². The van der Waals surface area contributed by atoms with E-state index in [0.717, 1.165) is 11.7 Å². The van der Waals surface area contributed by atoms with Gasteiger partial charge in [0.25, 0.3) is 0 Å². The summed E-state index contributed by atoms with van der Waals surface area (Å²) in [4.78, 5) is 0. The van der Waals surface area contributed by atoms with Gasteiger partial charge in [-0.15, -0.1) is 0 Å². The van der Waals surface area contributed by atoms with Crippen molar-refractivity contribution in [3.8, 4) is 0 Å². The van der Waals surface area contributed by atoms with Crippen LogP contribution in [-0.2, 0) is 0 Å². The third-order valence-corrected chi connectivity index (χ3v) is 2.19. The molecule has 9 heavy (non-hydrogen) atoms. The van der Waals surface area contributed by atoms with E-state index in [1.54, 1.807) is 0 Å². The Morgan fingerprint density at radius 1 is 1.56 bits per heavy atom. The molecule has 0 radical (unpaired) electrons. The highest BCUT2D eigenvalue weighted by atomic mass is 32.1. The third kappa shape index (κ3) is 2.59. The van der Waals surface area contributed by atoms with E-state index >= 15 is 0 Å². The van der Waals surface area contributed by atoms with Crippen LogP contribution < -0.4 is 5.32 Å². The van der Waals surface area contributed by atoms with E-state index in [2.05, 4.69) is 17.9 Å². The van der Waals surface area contributed by atoms with Crippen LogP contribution in [0.3, 0.4) is 0 Å². The lowest BCUT2D eigenvalue weighted by molar-refractivity contribution is 0.371. The fourth-order valence-corrected chi connectivity index (χ4v) is 1.72. The average Bonchev–Trinajstić information content (AvgIpc) is 1.91. The van der Waals surface area contributed by atoms with Crippen LogP contribution in [-0.4, -0.2) is 18.8 Å². The summed E-state index contributed by atoms with van der Waals surface area (Å²) in [6, 6.07) is 0. The van der Waals surface area contributed by atoms with Gasteiger partial charge in [-0.1, -0.05) is 0 Å². The summed E-state index contributed by atoms with van der Waals surface area (Å²) in [5.74, 6) is 1.96. The maximum atomic E-state index is 4.20. The first-order valence-corrected chi connectivity index (χ1v) is 4.38. The van der Waals surface area contributed by atoms with E-state index in [1.165, 1.54) is 32.4 Å². The van der Waals surface area contributed by atoms with Gasteiger partial charge in [0.2, 0.25) is 0 Å². The molecule has 1 aliphatic rings. The lowest BCUT2D eigenvalue weighted by Crippen LogP contribution is -2.29. The highest BCUT2D eigenvalue weighted by molar-refractivity contribution is 7.80. The molecule has 0 aromatic rings.